The minimum absolute atomic E-state index is 0.232. The number of rotatable bonds is 4. The van der Waals surface area contributed by atoms with Crippen molar-refractivity contribution in [2.24, 2.45) is 0 Å². The van der Waals surface area contributed by atoms with Crippen LogP contribution in [0, 0.1) is 0 Å². The highest BCUT2D eigenvalue weighted by Gasteiger charge is 2.07. The Morgan fingerprint density at radius 1 is 1.29 bits per heavy atom. The van der Waals surface area contributed by atoms with Crippen molar-refractivity contribution in [2.75, 3.05) is 0 Å². The molecule has 2 aromatic rings. The molecule has 0 fully saturated rings. The molecule has 0 aliphatic rings. The molecule has 2 rings (SSSR count). The van der Waals surface area contributed by atoms with Crippen LogP contribution in [0.4, 0.5) is 0 Å². The highest BCUT2D eigenvalue weighted by molar-refractivity contribution is 5.90. The summed E-state index contributed by atoms with van der Waals surface area (Å²) in [6.07, 6.45) is 2.33. The number of carbonyl (C=O) groups excluding carboxylic acids is 1. The van der Waals surface area contributed by atoms with Gasteiger partial charge in [0.25, 0.3) is 5.91 Å². The maximum Gasteiger partial charge on any atom is 0.288 e. The second-order valence-corrected chi connectivity index (χ2v) is 3.69. The monoisotopic (exact) mass is 230 g/mol. The Bertz CT molecular complexity index is 476. The summed E-state index contributed by atoms with van der Waals surface area (Å²) >= 11 is 0. The van der Waals surface area contributed by atoms with Crippen molar-refractivity contribution in [3.63, 3.8) is 0 Å². The van der Waals surface area contributed by atoms with Gasteiger partial charge in [0, 0.05) is 6.54 Å². The van der Waals surface area contributed by atoms with Gasteiger partial charge in [-0.2, -0.15) is 5.10 Å². The van der Waals surface area contributed by atoms with E-state index in [-0.39, 0.29) is 11.7 Å². The molecule has 17 heavy (non-hydrogen) atoms. The highest BCUT2D eigenvalue weighted by Crippen LogP contribution is 2.04. The first-order valence-electron chi connectivity index (χ1n) is 5.51. The van der Waals surface area contributed by atoms with Crippen LogP contribution in [0.15, 0.2) is 30.6 Å². The van der Waals surface area contributed by atoms with E-state index in [0.29, 0.717) is 6.54 Å². The van der Waals surface area contributed by atoms with Crippen LogP contribution in [-0.4, -0.2) is 21.1 Å². The molecule has 0 radical (unpaired) electrons. The average Bonchev–Trinajstić information content (AvgIpc) is 2.90. The van der Waals surface area contributed by atoms with Gasteiger partial charge in [-0.05, 0) is 17.5 Å². The summed E-state index contributed by atoms with van der Waals surface area (Å²) < 4.78 is 0. The molecular formula is C12H14N4O. The molecular weight excluding hydrogens is 216 g/mol. The Morgan fingerprint density at radius 2 is 2.00 bits per heavy atom. The SMILES string of the molecule is CCc1ccc(CNC(=O)c2ncn[nH]2)cc1. The summed E-state index contributed by atoms with van der Waals surface area (Å²) in [5.74, 6) is -0.0164. The number of aryl methyl sites for hydroxylation is 1. The van der Waals surface area contributed by atoms with Crippen molar-refractivity contribution in [1.82, 2.24) is 20.5 Å². The summed E-state index contributed by atoms with van der Waals surface area (Å²) in [5.41, 5.74) is 2.35. The molecule has 0 aliphatic heterocycles. The number of nitrogens with zero attached hydrogens (tertiary/aromatic N) is 2. The summed E-state index contributed by atoms with van der Waals surface area (Å²) in [6, 6.07) is 8.16. The molecule has 0 spiro atoms. The minimum Gasteiger partial charge on any atom is -0.345 e. The highest BCUT2D eigenvalue weighted by atomic mass is 16.2. The number of carbonyl (C=O) groups is 1. The normalized spacial score (nSPS) is 10.2. The van der Waals surface area contributed by atoms with E-state index in [4.69, 9.17) is 0 Å². The lowest BCUT2D eigenvalue weighted by Gasteiger charge is -2.04. The molecule has 2 N–H and O–H groups in total. The van der Waals surface area contributed by atoms with E-state index in [1.54, 1.807) is 0 Å². The standard InChI is InChI=1S/C12H14N4O/c1-2-9-3-5-10(6-4-9)7-13-12(17)11-14-8-15-16-11/h3-6,8H,2,7H2,1H3,(H,13,17)(H,14,15,16). The fraction of sp³-hybridized carbons (Fsp3) is 0.250. The zero-order valence-electron chi connectivity index (χ0n) is 9.60. The topological polar surface area (TPSA) is 70.7 Å². The van der Waals surface area contributed by atoms with Crippen LogP contribution >= 0.6 is 0 Å². The molecule has 0 aliphatic carbocycles. The van der Waals surface area contributed by atoms with Crippen LogP contribution in [0.2, 0.25) is 0 Å². The van der Waals surface area contributed by atoms with Crippen LogP contribution in [0.5, 0.6) is 0 Å². The van der Waals surface area contributed by atoms with E-state index < -0.39 is 0 Å². The predicted molar refractivity (Wildman–Crippen MR) is 63.4 cm³/mol. The van der Waals surface area contributed by atoms with Gasteiger partial charge in [0.1, 0.15) is 6.33 Å². The van der Waals surface area contributed by atoms with Crippen molar-refractivity contribution in [1.29, 1.82) is 0 Å². The minimum atomic E-state index is -0.248. The second kappa shape index (κ2) is 5.25. The van der Waals surface area contributed by atoms with Gasteiger partial charge in [0.05, 0.1) is 0 Å². The first-order valence-corrected chi connectivity index (χ1v) is 5.51. The van der Waals surface area contributed by atoms with Crippen LogP contribution in [0.3, 0.4) is 0 Å². The Morgan fingerprint density at radius 3 is 2.59 bits per heavy atom. The van der Waals surface area contributed by atoms with Crippen molar-refractivity contribution < 1.29 is 4.79 Å². The lowest BCUT2D eigenvalue weighted by atomic mass is 10.1. The van der Waals surface area contributed by atoms with Gasteiger partial charge >= 0.3 is 0 Å². The van der Waals surface area contributed by atoms with Gasteiger partial charge in [-0.25, -0.2) is 4.98 Å². The third-order valence-corrected chi connectivity index (χ3v) is 2.51. The van der Waals surface area contributed by atoms with Crippen LogP contribution < -0.4 is 5.32 Å². The lowest BCUT2D eigenvalue weighted by molar-refractivity contribution is 0.0941. The van der Waals surface area contributed by atoms with Crippen molar-refractivity contribution >= 4 is 5.91 Å². The van der Waals surface area contributed by atoms with E-state index in [9.17, 15) is 4.79 Å². The average molecular weight is 230 g/mol. The third kappa shape index (κ3) is 2.90. The van der Waals surface area contributed by atoms with Crippen LogP contribution in [-0.2, 0) is 13.0 Å². The van der Waals surface area contributed by atoms with Gasteiger partial charge in [0.2, 0.25) is 5.82 Å². The summed E-state index contributed by atoms with van der Waals surface area (Å²) in [4.78, 5) is 15.3. The zero-order chi connectivity index (χ0) is 12.1. The third-order valence-electron chi connectivity index (χ3n) is 2.51. The Balaban J connectivity index is 1.91. The fourth-order valence-corrected chi connectivity index (χ4v) is 1.47. The lowest BCUT2D eigenvalue weighted by Crippen LogP contribution is -2.23. The van der Waals surface area contributed by atoms with Gasteiger partial charge in [-0.15, -0.1) is 0 Å². The van der Waals surface area contributed by atoms with E-state index in [0.717, 1.165) is 12.0 Å². The molecule has 5 nitrogen and oxygen atoms in total. The molecule has 5 heteroatoms. The molecule has 0 saturated carbocycles. The molecule has 1 heterocycles. The van der Waals surface area contributed by atoms with Crippen LogP contribution in [0.25, 0.3) is 0 Å². The molecule has 0 bridgehead atoms. The molecule has 88 valence electrons. The predicted octanol–water partition coefficient (Wildman–Crippen LogP) is 1.30. The Hall–Kier alpha value is -2.17. The van der Waals surface area contributed by atoms with E-state index in [1.807, 2.05) is 12.1 Å². The van der Waals surface area contributed by atoms with E-state index in [2.05, 4.69) is 39.6 Å². The summed E-state index contributed by atoms with van der Waals surface area (Å²) in [5, 5.41) is 8.91. The number of aromatic amines is 1. The van der Waals surface area contributed by atoms with Crippen molar-refractivity contribution in [3.05, 3.63) is 47.5 Å². The van der Waals surface area contributed by atoms with Crippen LogP contribution in [0.1, 0.15) is 28.7 Å². The Kier molecular flexibility index (Phi) is 3.49. The largest absolute Gasteiger partial charge is 0.345 e. The summed E-state index contributed by atoms with van der Waals surface area (Å²) in [7, 11) is 0. The number of nitrogens with one attached hydrogen (secondary N) is 2. The molecule has 1 amide bonds. The number of amides is 1. The van der Waals surface area contributed by atoms with E-state index in [1.165, 1.54) is 11.9 Å². The molecule has 0 saturated heterocycles. The maximum atomic E-state index is 11.6. The van der Waals surface area contributed by atoms with Crippen molar-refractivity contribution in [3.8, 4) is 0 Å². The number of benzene rings is 1. The van der Waals surface area contributed by atoms with Gasteiger partial charge < -0.3 is 5.32 Å². The second-order valence-electron chi connectivity index (χ2n) is 3.69. The van der Waals surface area contributed by atoms with E-state index >= 15 is 0 Å². The number of hydrogen-bond donors (Lipinski definition) is 2. The zero-order valence-corrected chi connectivity index (χ0v) is 9.60. The van der Waals surface area contributed by atoms with Crippen molar-refractivity contribution in [2.45, 2.75) is 19.9 Å². The number of aromatic nitrogens is 3. The van der Waals surface area contributed by atoms with Gasteiger partial charge in [-0.1, -0.05) is 31.2 Å². The quantitative estimate of drug-likeness (QED) is 0.831. The molecule has 0 unspecified atom stereocenters. The first kappa shape index (κ1) is 11.3. The maximum absolute atomic E-state index is 11.6. The molecule has 1 aromatic carbocycles. The van der Waals surface area contributed by atoms with Gasteiger partial charge in [0.15, 0.2) is 0 Å². The molecule has 1 aromatic heterocycles. The van der Waals surface area contributed by atoms with Gasteiger partial charge in [-0.3, -0.25) is 9.89 Å². The number of hydrogen-bond acceptors (Lipinski definition) is 3. The molecule has 0 atom stereocenters. The first-order chi connectivity index (χ1) is 8.29. The Labute approximate surface area is 99.3 Å². The fourth-order valence-electron chi connectivity index (χ4n) is 1.47. The number of H-pyrrole nitrogens is 1. The summed E-state index contributed by atoms with van der Waals surface area (Å²) in [6.45, 7) is 2.60. The smallest absolute Gasteiger partial charge is 0.288 e.